The fourth-order valence-corrected chi connectivity index (χ4v) is 5.43. The van der Waals surface area contributed by atoms with Crippen LogP contribution in [-0.4, -0.2) is 17.7 Å². The first-order valence-electron chi connectivity index (χ1n) is 8.32. The van der Waals surface area contributed by atoms with E-state index in [1.807, 2.05) is 13.8 Å². The topological polar surface area (TPSA) is 26.3 Å². The lowest BCUT2D eigenvalue weighted by molar-refractivity contribution is -0.223. The van der Waals surface area contributed by atoms with Gasteiger partial charge < -0.3 is 4.74 Å². The molecule has 4 aliphatic carbocycles. The number of carbonyl (C=O) groups excluding carboxylic acids is 1. The van der Waals surface area contributed by atoms with Crippen LogP contribution in [0.2, 0.25) is 0 Å². The molecule has 4 saturated carbocycles. The van der Waals surface area contributed by atoms with E-state index >= 15 is 0 Å². The molecule has 4 bridgehead atoms. The van der Waals surface area contributed by atoms with E-state index in [9.17, 15) is 18.0 Å². The summed E-state index contributed by atoms with van der Waals surface area (Å²) in [5.41, 5.74) is -0.942. The largest absolute Gasteiger partial charge is 0.459 e. The minimum absolute atomic E-state index is 0.122. The zero-order valence-corrected chi connectivity index (χ0v) is 13.5. The molecule has 0 heterocycles. The quantitative estimate of drug-likeness (QED) is 0.704. The van der Waals surface area contributed by atoms with E-state index in [1.54, 1.807) is 0 Å². The van der Waals surface area contributed by atoms with Crippen LogP contribution in [0, 0.1) is 29.1 Å². The Hall–Kier alpha value is -0.740. The number of carbonyl (C=O) groups is 1. The Labute approximate surface area is 129 Å². The van der Waals surface area contributed by atoms with Gasteiger partial charge in [0.2, 0.25) is 0 Å². The van der Waals surface area contributed by atoms with Crippen LogP contribution in [0.1, 0.15) is 59.3 Å². The second-order valence-corrected chi connectivity index (χ2v) is 8.39. The van der Waals surface area contributed by atoms with Crippen LogP contribution >= 0.6 is 0 Å². The molecule has 1 atom stereocenters. The van der Waals surface area contributed by atoms with Gasteiger partial charge in [-0.05, 0) is 77.0 Å². The van der Waals surface area contributed by atoms with E-state index in [0.29, 0.717) is 17.8 Å². The zero-order valence-electron chi connectivity index (χ0n) is 13.5. The minimum atomic E-state index is -4.53. The molecule has 5 heteroatoms. The third-order valence-corrected chi connectivity index (χ3v) is 6.52. The van der Waals surface area contributed by atoms with Gasteiger partial charge in [0.05, 0.1) is 0 Å². The van der Waals surface area contributed by atoms with Crippen LogP contribution in [-0.2, 0) is 9.53 Å². The van der Waals surface area contributed by atoms with Crippen molar-refractivity contribution in [2.75, 3.05) is 0 Å². The van der Waals surface area contributed by atoms with E-state index in [0.717, 1.165) is 26.2 Å². The smallest absolute Gasteiger partial charge is 0.401 e. The van der Waals surface area contributed by atoms with Crippen LogP contribution in [0.5, 0.6) is 0 Å². The van der Waals surface area contributed by atoms with Crippen LogP contribution in [0.15, 0.2) is 0 Å². The van der Waals surface area contributed by atoms with E-state index in [-0.39, 0.29) is 5.41 Å². The molecule has 0 N–H and O–H groups in total. The van der Waals surface area contributed by atoms with Crippen molar-refractivity contribution >= 4 is 5.97 Å². The van der Waals surface area contributed by atoms with Crippen molar-refractivity contribution in [1.29, 1.82) is 0 Å². The predicted molar refractivity (Wildman–Crippen MR) is 76.0 cm³/mol. The highest BCUT2D eigenvalue weighted by Gasteiger charge is 2.59. The van der Waals surface area contributed by atoms with Gasteiger partial charge in [0.25, 0.3) is 0 Å². The third-order valence-electron chi connectivity index (χ3n) is 6.52. The Morgan fingerprint density at radius 1 is 1.05 bits per heavy atom. The monoisotopic (exact) mass is 318 g/mol. The lowest BCUT2D eigenvalue weighted by Crippen LogP contribution is -2.57. The van der Waals surface area contributed by atoms with Crippen LogP contribution in [0.25, 0.3) is 0 Å². The summed E-state index contributed by atoms with van der Waals surface area (Å²) in [5, 5.41) is 0. The Kier molecular flexibility index (Phi) is 3.57. The van der Waals surface area contributed by atoms with Gasteiger partial charge >= 0.3 is 12.1 Å². The maximum Gasteiger partial charge on any atom is 0.401 e. The number of alkyl halides is 3. The zero-order chi connectivity index (χ0) is 16.3. The summed E-state index contributed by atoms with van der Waals surface area (Å²) in [6.45, 7) is 4.53. The summed E-state index contributed by atoms with van der Waals surface area (Å²) < 4.78 is 43.7. The van der Waals surface area contributed by atoms with Gasteiger partial charge in [0.1, 0.15) is 11.5 Å². The molecule has 4 fully saturated rings. The van der Waals surface area contributed by atoms with Gasteiger partial charge in [-0.1, -0.05) is 0 Å². The number of esters is 1. The molecule has 4 aliphatic rings. The van der Waals surface area contributed by atoms with Crippen molar-refractivity contribution in [3.05, 3.63) is 0 Å². The first-order chi connectivity index (χ1) is 10.0. The van der Waals surface area contributed by atoms with Crippen LogP contribution < -0.4 is 0 Å². The number of hydrogen-bond acceptors (Lipinski definition) is 2. The molecule has 1 unspecified atom stereocenters. The highest BCUT2D eigenvalue weighted by Crippen LogP contribution is 2.64. The van der Waals surface area contributed by atoms with Crippen molar-refractivity contribution in [3.63, 3.8) is 0 Å². The summed E-state index contributed by atoms with van der Waals surface area (Å²) in [6, 6.07) is 0. The molecule has 0 aliphatic heterocycles. The maximum atomic E-state index is 12.7. The van der Waals surface area contributed by atoms with E-state index < -0.39 is 23.7 Å². The Bertz CT molecular complexity index is 432. The molecule has 0 amide bonds. The highest BCUT2D eigenvalue weighted by molar-refractivity contribution is 5.73. The average molecular weight is 318 g/mol. The van der Waals surface area contributed by atoms with E-state index in [4.69, 9.17) is 4.74 Å². The van der Waals surface area contributed by atoms with Gasteiger partial charge in [-0.15, -0.1) is 0 Å². The standard InChI is InChI=1S/C17H25F3O2/c1-10(17(18,19)20)14(21)22-15(2,3)16-7-11-4-12(8-16)6-13(5-11)9-16/h10-13H,4-9H2,1-3H3. The van der Waals surface area contributed by atoms with Crippen LogP contribution in [0.4, 0.5) is 13.2 Å². The number of ether oxygens (including phenoxy) is 1. The molecule has 0 radical (unpaired) electrons. The summed E-state index contributed by atoms with van der Waals surface area (Å²) >= 11 is 0. The molecular weight excluding hydrogens is 293 g/mol. The number of halogens is 3. The van der Waals surface area contributed by atoms with Crippen molar-refractivity contribution < 1.29 is 22.7 Å². The second-order valence-electron chi connectivity index (χ2n) is 8.39. The Morgan fingerprint density at radius 3 is 1.82 bits per heavy atom. The predicted octanol–water partition coefficient (Wildman–Crippen LogP) is 4.72. The molecule has 0 aromatic heterocycles. The molecule has 0 spiro atoms. The molecule has 22 heavy (non-hydrogen) atoms. The normalized spacial score (nSPS) is 38.9. The van der Waals surface area contributed by atoms with Gasteiger partial charge in [0, 0.05) is 5.41 Å². The SMILES string of the molecule is CC(C(=O)OC(C)(C)C12CC3CC(CC(C3)C1)C2)C(F)(F)F. The van der Waals surface area contributed by atoms with Gasteiger partial charge in [-0.3, -0.25) is 4.79 Å². The lowest BCUT2D eigenvalue weighted by Gasteiger charge is -2.61. The molecular formula is C17H25F3O2. The van der Waals surface area contributed by atoms with Crippen molar-refractivity contribution in [2.24, 2.45) is 29.1 Å². The maximum absolute atomic E-state index is 12.7. The van der Waals surface area contributed by atoms with Gasteiger partial charge in [-0.25, -0.2) is 0 Å². The van der Waals surface area contributed by atoms with Gasteiger partial charge in [-0.2, -0.15) is 13.2 Å². The average Bonchev–Trinajstić information content (AvgIpc) is 2.34. The van der Waals surface area contributed by atoms with E-state index in [2.05, 4.69) is 0 Å². The number of rotatable bonds is 3. The second kappa shape index (κ2) is 4.88. The first kappa shape index (κ1) is 16.1. The summed E-state index contributed by atoms with van der Waals surface area (Å²) in [5.74, 6) is -1.17. The molecule has 2 nitrogen and oxygen atoms in total. The van der Waals surface area contributed by atoms with E-state index in [1.165, 1.54) is 19.3 Å². The molecule has 0 aromatic carbocycles. The summed E-state index contributed by atoms with van der Waals surface area (Å²) in [4.78, 5) is 12.0. The van der Waals surface area contributed by atoms with Crippen molar-refractivity contribution in [1.82, 2.24) is 0 Å². The highest BCUT2D eigenvalue weighted by atomic mass is 19.4. The van der Waals surface area contributed by atoms with Crippen LogP contribution in [0.3, 0.4) is 0 Å². The minimum Gasteiger partial charge on any atom is -0.459 e. The molecule has 0 aromatic rings. The van der Waals surface area contributed by atoms with Crippen molar-refractivity contribution in [3.8, 4) is 0 Å². The third kappa shape index (κ3) is 2.54. The fourth-order valence-electron chi connectivity index (χ4n) is 5.43. The van der Waals surface area contributed by atoms with Crippen molar-refractivity contribution in [2.45, 2.75) is 71.1 Å². The lowest BCUT2D eigenvalue weighted by atomic mass is 9.46. The first-order valence-corrected chi connectivity index (χ1v) is 8.32. The fraction of sp³-hybridized carbons (Fsp3) is 0.941. The Morgan fingerprint density at radius 2 is 1.45 bits per heavy atom. The Balaban J connectivity index is 1.77. The molecule has 0 saturated heterocycles. The summed E-state index contributed by atoms with van der Waals surface area (Å²) in [6.07, 6.45) is 2.22. The molecule has 4 rings (SSSR count). The van der Waals surface area contributed by atoms with Gasteiger partial charge in [0.15, 0.2) is 0 Å². The number of hydrogen-bond donors (Lipinski definition) is 0. The molecule has 126 valence electrons. The summed E-state index contributed by atoms with van der Waals surface area (Å²) in [7, 11) is 0.